The topological polar surface area (TPSA) is 38.9 Å². The molecule has 22 heavy (non-hydrogen) atoms. The van der Waals surface area contributed by atoms with Crippen LogP contribution in [0.1, 0.15) is 35.9 Å². The summed E-state index contributed by atoms with van der Waals surface area (Å²) in [6.07, 6.45) is 0.887. The second kappa shape index (κ2) is 6.32. The number of benzene rings is 2. The molecule has 2 N–H and O–H groups in total. The molecule has 0 fully saturated rings. The Bertz CT molecular complexity index is 740. The zero-order valence-electron chi connectivity index (χ0n) is 12.9. The van der Waals surface area contributed by atoms with Crippen molar-refractivity contribution in [3.8, 4) is 11.3 Å². The summed E-state index contributed by atoms with van der Waals surface area (Å²) in [7, 11) is 0. The van der Waals surface area contributed by atoms with E-state index >= 15 is 0 Å². The van der Waals surface area contributed by atoms with E-state index in [2.05, 4.69) is 43.5 Å². The van der Waals surface area contributed by atoms with Crippen LogP contribution >= 0.6 is 11.3 Å². The Kier molecular flexibility index (Phi) is 4.25. The van der Waals surface area contributed by atoms with Crippen LogP contribution in [0.2, 0.25) is 0 Å². The third-order valence-electron chi connectivity index (χ3n) is 3.76. The molecule has 0 aliphatic heterocycles. The molecule has 112 valence electrons. The fourth-order valence-corrected chi connectivity index (χ4v) is 3.21. The molecular weight excluding hydrogens is 288 g/mol. The van der Waals surface area contributed by atoms with E-state index < -0.39 is 0 Å². The Morgan fingerprint density at radius 1 is 1.00 bits per heavy atom. The molecule has 2 nitrogen and oxygen atoms in total. The number of thiazole rings is 1. The van der Waals surface area contributed by atoms with E-state index in [9.17, 15) is 0 Å². The van der Waals surface area contributed by atoms with Crippen molar-refractivity contribution in [3.63, 3.8) is 0 Å². The van der Waals surface area contributed by atoms with Crippen molar-refractivity contribution in [1.82, 2.24) is 4.98 Å². The van der Waals surface area contributed by atoms with Gasteiger partial charge in [-0.25, -0.2) is 4.98 Å². The Morgan fingerprint density at radius 2 is 1.68 bits per heavy atom. The first-order valence-electron chi connectivity index (χ1n) is 7.51. The lowest BCUT2D eigenvalue weighted by atomic mass is 10.0. The summed E-state index contributed by atoms with van der Waals surface area (Å²) in [5, 5.41) is 3.26. The van der Waals surface area contributed by atoms with Crippen LogP contribution in [-0.4, -0.2) is 4.98 Å². The van der Waals surface area contributed by atoms with Gasteiger partial charge in [0, 0.05) is 23.1 Å². The van der Waals surface area contributed by atoms with Gasteiger partial charge in [-0.15, -0.1) is 11.3 Å². The zero-order chi connectivity index (χ0) is 15.5. The third kappa shape index (κ3) is 3.37. The van der Waals surface area contributed by atoms with Crippen LogP contribution in [0.3, 0.4) is 0 Å². The lowest BCUT2D eigenvalue weighted by Crippen LogP contribution is -1.91. The average molecular weight is 308 g/mol. The highest BCUT2D eigenvalue weighted by atomic mass is 32.1. The molecule has 3 heteroatoms. The monoisotopic (exact) mass is 308 g/mol. The smallest absolute Gasteiger partial charge is 0.0976 e. The molecule has 0 radical (unpaired) electrons. The average Bonchev–Trinajstić information content (AvgIpc) is 2.97. The second-order valence-electron chi connectivity index (χ2n) is 5.82. The maximum Gasteiger partial charge on any atom is 0.0976 e. The van der Waals surface area contributed by atoms with E-state index in [1.807, 2.05) is 24.3 Å². The molecule has 0 spiro atoms. The van der Waals surface area contributed by atoms with Gasteiger partial charge in [-0.1, -0.05) is 50.2 Å². The number of hydrogen-bond donors (Lipinski definition) is 1. The summed E-state index contributed by atoms with van der Waals surface area (Å²) in [4.78, 5) is 4.74. The molecule has 0 aliphatic carbocycles. The molecule has 0 saturated carbocycles. The predicted molar refractivity (Wildman–Crippen MR) is 95.3 cm³/mol. The van der Waals surface area contributed by atoms with E-state index in [0.29, 0.717) is 5.92 Å². The van der Waals surface area contributed by atoms with Gasteiger partial charge in [0.05, 0.1) is 10.7 Å². The van der Waals surface area contributed by atoms with E-state index in [-0.39, 0.29) is 0 Å². The highest BCUT2D eigenvalue weighted by molar-refractivity contribution is 7.10. The summed E-state index contributed by atoms with van der Waals surface area (Å²) in [6, 6.07) is 16.7. The van der Waals surface area contributed by atoms with Gasteiger partial charge in [0.25, 0.3) is 0 Å². The van der Waals surface area contributed by atoms with Crippen LogP contribution in [0.15, 0.2) is 53.9 Å². The van der Waals surface area contributed by atoms with E-state index in [0.717, 1.165) is 28.4 Å². The van der Waals surface area contributed by atoms with Crippen molar-refractivity contribution >= 4 is 17.0 Å². The molecular formula is C19H20N2S. The molecule has 0 aliphatic rings. The lowest BCUT2D eigenvalue weighted by molar-refractivity contribution is 0.865. The van der Waals surface area contributed by atoms with Crippen molar-refractivity contribution in [2.24, 2.45) is 0 Å². The van der Waals surface area contributed by atoms with Crippen molar-refractivity contribution in [2.45, 2.75) is 26.2 Å². The summed E-state index contributed by atoms with van der Waals surface area (Å²) >= 11 is 1.71. The number of rotatable bonds is 4. The second-order valence-corrected chi connectivity index (χ2v) is 6.76. The van der Waals surface area contributed by atoms with Crippen LogP contribution < -0.4 is 5.73 Å². The number of nitrogen functional groups attached to an aromatic ring is 1. The number of hydrogen-bond acceptors (Lipinski definition) is 3. The van der Waals surface area contributed by atoms with Gasteiger partial charge in [-0.2, -0.15) is 0 Å². The molecule has 1 aromatic heterocycles. The number of nitrogens with two attached hydrogens (primary N) is 1. The lowest BCUT2D eigenvalue weighted by Gasteiger charge is -2.05. The van der Waals surface area contributed by atoms with Crippen LogP contribution in [0.25, 0.3) is 11.3 Å². The summed E-state index contributed by atoms with van der Waals surface area (Å²) in [6.45, 7) is 4.43. The van der Waals surface area contributed by atoms with Gasteiger partial charge in [0.2, 0.25) is 0 Å². The molecule has 0 unspecified atom stereocenters. The van der Waals surface area contributed by atoms with Crippen molar-refractivity contribution in [2.75, 3.05) is 5.73 Å². The zero-order valence-corrected chi connectivity index (χ0v) is 13.7. The highest BCUT2D eigenvalue weighted by Crippen LogP contribution is 2.24. The van der Waals surface area contributed by atoms with Gasteiger partial charge >= 0.3 is 0 Å². The van der Waals surface area contributed by atoms with Gasteiger partial charge in [-0.05, 0) is 29.2 Å². The largest absolute Gasteiger partial charge is 0.399 e. The SMILES string of the molecule is CC(C)c1ccc(Cc2nc(-c3ccc(N)cc3)cs2)cc1. The van der Waals surface area contributed by atoms with Crippen LogP contribution in [0.4, 0.5) is 5.69 Å². The molecule has 0 saturated heterocycles. The fraction of sp³-hybridized carbons (Fsp3) is 0.211. The number of anilines is 1. The first kappa shape index (κ1) is 14.8. The maximum absolute atomic E-state index is 5.73. The molecule has 1 heterocycles. The molecule has 0 bridgehead atoms. The Balaban J connectivity index is 1.75. The molecule has 3 aromatic rings. The maximum atomic E-state index is 5.73. The predicted octanol–water partition coefficient (Wildman–Crippen LogP) is 5.11. The summed E-state index contributed by atoms with van der Waals surface area (Å²) in [5.41, 5.74) is 11.3. The summed E-state index contributed by atoms with van der Waals surface area (Å²) < 4.78 is 0. The van der Waals surface area contributed by atoms with Gasteiger partial charge in [0.15, 0.2) is 0 Å². The minimum Gasteiger partial charge on any atom is -0.399 e. The van der Waals surface area contributed by atoms with Crippen LogP contribution in [0, 0.1) is 0 Å². The van der Waals surface area contributed by atoms with E-state index in [1.165, 1.54) is 11.1 Å². The molecule has 3 rings (SSSR count). The van der Waals surface area contributed by atoms with Gasteiger partial charge in [-0.3, -0.25) is 0 Å². The Morgan fingerprint density at radius 3 is 2.32 bits per heavy atom. The number of nitrogens with zero attached hydrogens (tertiary/aromatic N) is 1. The Hall–Kier alpha value is -2.13. The molecule has 0 amide bonds. The van der Waals surface area contributed by atoms with Crippen LogP contribution in [0.5, 0.6) is 0 Å². The highest BCUT2D eigenvalue weighted by Gasteiger charge is 2.06. The van der Waals surface area contributed by atoms with Gasteiger partial charge in [0.1, 0.15) is 0 Å². The van der Waals surface area contributed by atoms with Crippen molar-refractivity contribution < 1.29 is 0 Å². The first-order valence-corrected chi connectivity index (χ1v) is 8.39. The minimum absolute atomic E-state index is 0.575. The number of aromatic nitrogens is 1. The van der Waals surface area contributed by atoms with E-state index in [1.54, 1.807) is 11.3 Å². The standard InChI is InChI=1S/C19H20N2S/c1-13(2)15-5-3-14(4-6-15)11-19-21-18(12-22-19)16-7-9-17(20)10-8-16/h3-10,12-13H,11,20H2,1-2H3. The fourth-order valence-electron chi connectivity index (χ4n) is 2.37. The normalized spacial score (nSPS) is 11.0. The van der Waals surface area contributed by atoms with Crippen molar-refractivity contribution in [3.05, 3.63) is 70.0 Å². The van der Waals surface area contributed by atoms with Gasteiger partial charge < -0.3 is 5.73 Å². The molecule has 0 atom stereocenters. The van der Waals surface area contributed by atoms with Crippen molar-refractivity contribution in [1.29, 1.82) is 0 Å². The Labute approximate surface area is 135 Å². The van der Waals surface area contributed by atoms with E-state index in [4.69, 9.17) is 10.7 Å². The first-order chi connectivity index (χ1) is 10.6. The third-order valence-corrected chi connectivity index (χ3v) is 4.61. The van der Waals surface area contributed by atoms with Crippen LogP contribution in [-0.2, 0) is 6.42 Å². The quantitative estimate of drug-likeness (QED) is 0.680. The summed E-state index contributed by atoms with van der Waals surface area (Å²) in [5.74, 6) is 0.575. The molecule has 2 aromatic carbocycles. The minimum atomic E-state index is 0.575.